The fourth-order valence-corrected chi connectivity index (χ4v) is 3.98. The Labute approximate surface area is 164 Å². The molecule has 1 heterocycles. The van der Waals surface area contributed by atoms with Gasteiger partial charge in [0.25, 0.3) is 5.91 Å². The number of ether oxygens (including phenoxy) is 1. The summed E-state index contributed by atoms with van der Waals surface area (Å²) in [7, 11) is -2.02. The summed E-state index contributed by atoms with van der Waals surface area (Å²) in [6.45, 7) is 4.07. The van der Waals surface area contributed by atoms with Gasteiger partial charge in [-0.3, -0.25) is 4.79 Å². The largest absolute Gasteiger partial charge is 0.467 e. The molecule has 152 valence electrons. The van der Waals surface area contributed by atoms with E-state index in [1.165, 1.54) is 39.7 Å². The van der Waals surface area contributed by atoms with E-state index in [2.05, 4.69) is 0 Å². The van der Waals surface area contributed by atoms with E-state index >= 15 is 0 Å². The molecule has 0 saturated carbocycles. The number of furan rings is 1. The molecule has 8 nitrogen and oxygen atoms in total. The molecule has 0 spiro atoms. The van der Waals surface area contributed by atoms with Crippen LogP contribution in [0.15, 0.2) is 52.0 Å². The number of likely N-dealkylation sites (N-methyl/N-ethyl adjacent to an activating group) is 1. The van der Waals surface area contributed by atoms with E-state index in [-0.39, 0.29) is 22.9 Å². The molecule has 0 aliphatic rings. The summed E-state index contributed by atoms with van der Waals surface area (Å²) in [5.74, 6) is -0.468. The van der Waals surface area contributed by atoms with Crippen LogP contribution in [0, 0.1) is 0 Å². The molecule has 0 bridgehead atoms. The highest BCUT2D eigenvalue weighted by Gasteiger charge is 2.22. The Morgan fingerprint density at radius 2 is 1.71 bits per heavy atom. The van der Waals surface area contributed by atoms with E-state index < -0.39 is 22.6 Å². The molecule has 0 radical (unpaired) electrons. The fourth-order valence-electron chi connectivity index (χ4n) is 2.52. The highest BCUT2D eigenvalue weighted by molar-refractivity contribution is 7.89. The number of rotatable bonds is 9. The molecule has 1 aromatic carbocycles. The molecule has 0 unspecified atom stereocenters. The molecule has 1 aromatic heterocycles. The summed E-state index contributed by atoms with van der Waals surface area (Å²) in [4.78, 5) is 25.7. The van der Waals surface area contributed by atoms with Crippen molar-refractivity contribution in [2.75, 3.05) is 26.7 Å². The van der Waals surface area contributed by atoms with Crippen molar-refractivity contribution in [3.05, 3.63) is 54.0 Å². The van der Waals surface area contributed by atoms with Gasteiger partial charge in [0, 0.05) is 20.1 Å². The summed E-state index contributed by atoms with van der Waals surface area (Å²) < 4.78 is 36.4. The second-order valence-corrected chi connectivity index (χ2v) is 7.96. The monoisotopic (exact) mass is 408 g/mol. The number of nitrogens with zero attached hydrogens (tertiary/aromatic N) is 2. The first-order chi connectivity index (χ1) is 13.3. The first-order valence-electron chi connectivity index (χ1n) is 8.83. The lowest BCUT2D eigenvalue weighted by Crippen LogP contribution is -2.31. The smallest absolute Gasteiger partial charge is 0.338 e. The summed E-state index contributed by atoms with van der Waals surface area (Å²) in [6, 6.07) is 8.91. The average Bonchev–Trinajstić information content (AvgIpc) is 3.19. The number of hydrogen-bond donors (Lipinski definition) is 0. The molecule has 0 N–H and O–H groups in total. The average molecular weight is 408 g/mol. The number of carbonyl (C=O) groups is 2. The number of sulfonamides is 1. The summed E-state index contributed by atoms with van der Waals surface area (Å²) in [5.41, 5.74) is 0.167. The Bertz CT molecular complexity index is 887. The molecule has 2 aromatic rings. The van der Waals surface area contributed by atoms with Crippen LogP contribution < -0.4 is 0 Å². The minimum absolute atomic E-state index is 0.0991. The molecular weight excluding hydrogens is 384 g/mol. The van der Waals surface area contributed by atoms with Gasteiger partial charge in [0.1, 0.15) is 5.76 Å². The van der Waals surface area contributed by atoms with Crippen LogP contribution in [0.3, 0.4) is 0 Å². The third-order valence-electron chi connectivity index (χ3n) is 4.16. The number of hydrogen-bond acceptors (Lipinski definition) is 6. The Morgan fingerprint density at radius 3 is 2.25 bits per heavy atom. The molecule has 0 aliphatic carbocycles. The minimum atomic E-state index is -3.59. The standard InChI is InChI=1S/C19H24N2O6S/c1-4-21(5-2)28(24,25)17-10-8-15(9-11-17)19(23)27-14-18(22)20(3)13-16-7-6-12-26-16/h6-12H,4-5,13-14H2,1-3H3. The molecular formula is C19H24N2O6S. The lowest BCUT2D eigenvalue weighted by atomic mass is 10.2. The number of amides is 1. The van der Waals surface area contributed by atoms with Crippen LogP contribution in [0.1, 0.15) is 30.0 Å². The molecule has 0 aliphatic heterocycles. The molecule has 0 atom stereocenters. The molecule has 1 amide bonds. The normalized spacial score (nSPS) is 11.4. The molecule has 28 heavy (non-hydrogen) atoms. The topological polar surface area (TPSA) is 97.1 Å². The minimum Gasteiger partial charge on any atom is -0.467 e. The van der Waals surface area contributed by atoms with Gasteiger partial charge in [-0.05, 0) is 36.4 Å². The van der Waals surface area contributed by atoms with Crippen LogP contribution in [0.4, 0.5) is 0 Å². The Balaban J connectivity index is 1.95. The third kappa shape index (κ3) is 5.20. The zero-order chi connectivity index (χ0) is 20.7. The first-order valence-corrected chi connectivity index (χ1v) is 10.3. The zero-order valence-electron chi connectivity index (χ0n) is 16.1. The summed E-state index contributed by atoms with van der Waals surface area (Å²) in [5, 5.41) is 0. The van der Waals surface area contributed by atoms with Gasteiger partial charge in [-0.2, -0.15) is 4.31 Å². The lowest BCUT2D eigenvalue weighted by molar-refractivity contribution is -0.133. The number of benzene rings is 1. The van der Waals surface area contributed by atoms with Gasteiger partial charge in [0.15, 0.2) is 6.61 Å². The van der Waals surface area contributed by atoms with Crippen molar-refractivity contribution in [2.45, 2.75) is 25.3 Å². The highest BCUT2D eigenvalue weighted by Crippen LogP contribution is 2.16. The Hall–Kier alpha value is -2.65. The zero-order valence-corrected chi connectivity index (χ0v) is 16.9. The Morgan fingerprint density at radius 1 is 1.07 bits per heavy atom. The SMILES string of the molecule is CCN(CC)S(=O)(=O)c1ccc(C(=O)OCC(=O)N(C)Cc2ccco2)cc1. The number of carbonyl (C=O) groups excluding carboxylic acids is 2. The van der Waals surface area contributed by atoms with Crippen LogP contribution in [-0.2, 0) is 26.1 Å². The molecule has 2 rings (SSSR count). The van der Waals surface area contributed by atoms with Gasteiger partial charge in [0.2, 0.25) is 10.0 Å². The molecule has 0 fully saturated rings. The van der Waals surface area contributed by atoms with Gasteiger partial charge < -0.3 is 14.1 Å². The van der Waals surface area contributed by atoms with Crippen LogP contribution in [-0.4, -0.2) is 56.2 Å². The maximum atomic E-state index is 12.4. The predicted molar refractivity (Wildman–Crippen MR) is 102 cm³/mol. The van der Waals surface area contributed by atoms with Crippen molar-refractivity contribution in [1.29, 1.82) is 0 Å². The molecule has 0 saturated heterocycles. The van der Waals surface area contributed by atoms with Crippen molar-refractivity contribution >= 4 is 21.9 Å². The summed E-state index contributed by atoms with van der Waals surface area (Å²) in [6.07, 6.45) is 1.51. The van der Waals surface area contributed by atoms with Crippen molar-refractivity contribution in [3.63, 3.8) is 0 Å². The van der Waals surface area contributed by atoms with Crippen LogP contribution >= 0.6 is 0 Å². The molecule has 9 heteroatoms. The van der Waals surface area contributed by atoms with Crippen molar-refractivity contribution < 1.29 is 27.2 Å². The van der Waals surface area contributed by atoms with Crippen molar-refractivity contribution in [3.8, 4) is 0 Å². The van der Waals surface area contributed by atoms with E-state index in [0.717, 1.165) is 0 Å². The van der Waals surface area contributed by atoms with Crippen molar-refractivity contribution in [1.82, 2.24) is 9.21 Å². The fraction of sp³-hybridized carbons (Fsp3) is 0.368. The summed E-state index contributed by atoms with van der Waals surface area (Å²) >= 11 is 0. The number of esters is 1. The van der Waals surface area contributed by atoms with Crippen LogP contribution in [0.2, 0.25) is 0 Å². The van der Waals surface area contributed by atoms with Gasteiger partial charge in [-0.1, -0.05) is 13.8 Å². The predicted octanol–water partition coefficient (Wildman–Crippen LogP) is 2.13. The van der Waals surface area contributed by atoms with Crippen LogP contribution in [0.25, 0.3) is 0 Å². The quantitative estimate of drug-likeness (QED) is 0.590. The maximum Gasteiger partial charge on any atom is 0.338 e. The van der Waals surface area contributed by atoms with E-state index in [9.17, 15) is 18.0 Å². The van der Waals surface area contributed by atoms with E-state index in [4.69, 9.17) is 9.15 Å². The van der Waals surface area contributed by atoms with E-state index in [1.807, 2.05) is 0 Å². The van der Waals surface area contributed by atoms with Crippen molar-refractivity contribution in [2.24, 2.45) is 0 Å². The van der Waals surface area contributed by atoms with Gasteiger partial charge >= 0.3 is 5.97 Å². The maximum absolute atomic E-state index is 12.4. The Kier molecular flexibility index (Phi) is 7.36. The van der Waals surface area contributed by atoms with E-state index in [0.29, 0.717) is 18.8 Å². The second kappa shape index (κ2) is 9.52. The van der Waals surface area contributed by atoms with E-state index in [1.54, 1.807) is 33.0 Å². The van der Waals surface area contributed by atoms with Gasteiger partial charge in [0.05, 0.1) is 23.3 Å². The second-order valence-electron chi connectivity index (χ2n) is 6.02. The first kappa shape index (κ1) is 21.6. The highest BCUT2D eigenvalue weighted by atomic mass is 32.2. The van der Waals surface area contributed by atoms with Crippen LogP contribution in [0.5, 0.6) is 0 Å². The lowest BCUT2D eigenvalue weighted by Gasteiger charge is -2.18. The van der Waals surface area contributed by atoms with Gasteiger partial charge in [-0.15, -0.1) is 0 Å². The third-order valence-corrected chi connectivity index (χ3v) is 6.22. The van der Waals surface area contributed by atoms with Gasteiger partial charge in [-0.25, -0.2) is 13.2 Å².